The molecule has 0 N–H and O–H groups in total. The number of benzene rings is 6. The van der Waals surface area contributed by atoms with E-state index in [1.807, 2.05) is 42.9 Å². The smallest absolute Gasteiger partial charge is 0.137 e. The maximum atomic E-state index is 4.92. The molecular formula is C49H31N5. The Balaban J connectivity index is 1.12. The maximum Gasteiger partial charge on any atom is 0.137 e. The summed E-state index contributed by atoms with van der Waals surface area (Å²) in [6.07, 6.45) is 7.94. The van der Waals surface area contributed by atoms with E-state index in [9.17, 15) is 0 Å². The minimum Gasteiger partial charge on any atom is -0.309 e. The topological polar surface area (TPSA) is 48.0 Å². The zero-order valence-corrected chi connectivity index (χ0v) is 29.1. The summed E-state index contributed by atoms with van der Waals surface area (Å²) in [5, 5.41) is 5.78. The first-order chi connectivity index (χ1) is 26.8. The fourth-order valence-electron chi connectivity index (χ4n) is 8.07. The first-order valence-electron chi connectivity index (χ1n) is 18.2. The first-order valence-corrected chi connectivity index (χ1v) is 18.2. The van der Waals surface area contributed by atoms with Gasteiger partial charge in [0.05, 0.1) is 27.9 Å². The normalized spacial score (nSPS) is 11.7. The molecular weight excluding hydrogens is 659 g/mol. The summed E-state index contributed by atoms with van der Waals surface area (Å²) >= 11 is 0. The van der Waals surface area contributed by atoms with Crippen LogP contribution >= 0.6 is 0 Å². The second-order valence-corrected chi connectivity index (χ2v) is 13.8. The molecule has 0 aliphatic carbocycles. The molecule has 0 atom stereocenters. The molecule has 0 aliphatic heterocycles. The van der Waals surface area contributed by atoms with Crippen LogP contribution in [0.1, 0.15) is 0 Å². The monoisotopic (exact) mass is 689 g/mol. The average molecular weight is 690 g/mol. The van der Waals surface area contributed by atoms with Gasteiger partial charge in [-0.1, -0.05) is 115 Å². The van der Waals surface area contributed by atoms with E-state index in [0.29, 0.717) is 0 Å². The van der Waals surface area contributed by atoms with Crippen LogP contribution < -0.4 is 0 Å². The van der Waals surface area contributed by atoms with Crippen molar-refractivity contribution in [2.75, 3.05) is 0 Å². The van der Waals surface area contributed by atoms with Crippen LogP contribution in [0.3, 0.4) is 0 Å². The Hall–Kier alpha value is -7.37. The molecule has 0 saturated carbocycles. The molecule has 6 aromatic carbocycles. The van der Waals surface area contributed by atoms with Gasteiger partial charge in [0.25, 0.3) is 0 Å². The van der Waals surface area contributed by atoms with E-state index in [0.717, 1.165) is 72.3 Å². The van der Waals surface area contributed by atoms with Gasteiger partial charge in [0.15, 0.2) is 0 Å². The summed E-state index contributed by atoms with van der Waals surface area (Å²) in [6, 6.07) is 58.4. The van der Waals surface area contributed by atoms with Gasteiger partial charge in [0.1, 0.15) is 5.65 Å². The number of pyridine rings is 3. The average Bonchev–Trinajstić information content (AvgIpc) is 3.84. The van der Waals surface area contributed by atoms with Crippen molar-refractivity contribution in [3.63, 3.8) is 0 Å². The van der Waals surface area contributed by atoms with Crippen LogP contribution in [-0.2, 0) is 0 Å². The minimum atomic E-state index is 0.924. The quantitative estimate of drug-likeness (QED) is 0.169. The third-order valence-corrected chi connectivity index (χ3v) is 10.6. The second kappa shape index (κ2) is 12.1. The Morgan fingerprint density at radius 3 is 2.04 bits per heavy atom. The van der Waals surface area contributed by atoms with Crippen LogP contribution in [0.2, 0.25) is 0 Å². The Bertz CT molecular complexity index is 3160. The molecule has 5 heteroatoms. The van der Waals surface area contributed by atoms with Crippen molar-refractivity contribution >= 4 is 49.1 Å². The van der Waals surface area contributed by atoms with Crippen molar-refractivity contribution in [3.8, 4) is 50.5 Å². The Morgan fingerprint density at radius 1 is 0.481 bits per heavy atom. The van der Waals surface area contributed by atoms with Crippen molar-refractivity contribution in [1.29, 1.82) is 0 Å². The van der Waals surface area contributed by atoms with Gasteiger partial charge in [-0.2, -0.15) is 0 Å². The third kappa shape index (κ3) is 4.83. The lowest BCUT2D eigenvalue weighted by atomic mass is 9.94. The molecule has 5 aromatic heterocycles. The number of hydrogen-bond donors (Lipinski definition) is 0. The van der Waals surface area contributed by atoms with Crippen LogP contribution in [0.15, 0.2) is 189 Å². The Morgan fingerprint density at radius 2 is 1.20 bits per heavy atom. The molecule has 0 unspecified atom stereocenters. The van der Waals surface area contributed by atoms with Gasteiger partial charge in [0.2, 0.25) is 0 Å². The van der Waals surface area contributed by atoms with Gasteiger partial charge < -0.3 is 8.97 Å². The summed E-state index contributed by atoms with van der Waals surface area (Å²) in [5.41, 5.74) is 14.0. The van der Waals surface area contributed by atoms with E-state index in [-0.39, 0.29) is 0 Å². The van der Waals surface area contributed by atoms with E-state index < -0.39 is 0 Å². The van der Waals surface area contributed by atoms with Crippen molar-refractivity contribution in [1.82, 2.24) is 23.9 Å². The highest BCUT2D eigenvalue weighted by molar-refractivity contribution is 6.19. The number of aromatic nitrogens is 5. The summed E-state index contributed by atoms with van der Waals surface area (Å²) in [5.74, 6) is 0. The molecule has 0 saturated heterocycles. The van der Waals surface area contributed by atoms with E-state index in [1.54, 1.807) is 0 Å². The number of fused-ring (bicyclic) bond motifs is 7. The van der Waals surface area contributed by atoms with Crippen LogP contribution in [0.25, 0.3) is 99.6 Å². The number of rotatable bonds is 5. The van der Waals surface area contributed by atoms with Crippen LogP contribution in [0.4, 0.5) is 0 Å². The van der Waals surface area contributed by atoms with Crippen LogP contribution in [0, 0.1) is 0 Å². The molecule has 0 fully saturated rings. The lowest BCUT2D eigenvalue weighted by Gasteiger charge is -2.14. The third-order valence-electron chi connectivity index (χ3n) is 10.6. The maximum absolute atomic E-state index is 4.92. The molecule has 252 valence electrons. The summed E-state index contributed by atoms with van der Waals surface area (Å²) in [6.45, 7) is 0. The van der Waals surface area contributed by atoms with Gasteiger partial charge in [0, 0.05) is 63.3 Å². The fourth-order valence-corrected chi connectivity index (χ4v) is 8.07. The molecule has 11 aromatic rings. The lowest BCUT2D eigenvalue weighted by Crippen LogP contribution is -1.97. The number of nitrogens with zero attached hydrogens (tertiary/aromatic N) is 5. The van der Waals surface area contributed by atoms with Gasteiger partial charge in [-0.3, -0.25) is 9.97 Å². The summed E-state index contributed by atoms with van der Waals surface area (Å²) in [7, 11) is 0. The second-order valence-electron chi connectivity index (χ2n) is 13.8. The minimum absolute atomic E-state index is 0.924. The van der Waals surface area contributed by atoms with Gasteiger partial charge in [-0.15, -0.1) is 0 Å². The van der Waals surface area contributed by atoms with Crippen LogP contribution in [0.5, 0.6) is 0 Å². The van der Waals surface area contributed by atoms with Gasteiger partial charge in [-0.05, 0) is 76.0 Å². The highest BCUT2D eigenvalue weighted by atomic mass is 15.0. The largest absolute Gasteiger partial charge is 0.309 e. The fraction of sp³-hybridized carbons (Fsp3) is 0. The molecule has 0 radical (unpaired) electrons. The first kappa shape index (κ1) is 30.3. The molecule has 5 heterocycles. The predicted molar refractivity (Wildman–Crippen MR) is 222 cm³/mol. The molecule has 5 nitrogen and oxygen atoms in total. The number of imidazole rings is 1. The zero-order valence-electron chi connectivity index (χ0n) is 29.1. The Labute approximate surface area is 311 Å². The zero-order chi connectivity index (χ0) is 35.6. The molecule has 11 rings (SSSR count). The van der Waals surface area contributed by atoms with Crippen molar-refractivity contribution in [3.05, 3.63) is 189 Å². The van der Waals surface area contributed by atoms with Crippen LogP contribution in [-0.4, -0.2) is 23.9 Å². The van der Waals surface area contributed by atoms with E-state index >= 15 is 0 Å². The number of hydrogen-bond acceptors (Lipinski definition) is 3. The highest BCUT2D eigenvalue weighted by Crippen LogP contribution is 2.46. The molecule has 0 bridgehead atoms. The van der Waals surface area contributed by atoms with E-state index in [1.165, 1.54) is 27.3 Å². The SMILES string of the molecule is c1ccc(-c2c(-c3ccccc3)n(-c3ccc(-c4cn5ccccc5n4)cc3)c3ccc4cc(-c5cnc6c(ccc7cccnc76)c5)ccc4c23)cc1. The lowest BCUT2D eigenvalue weighted by molar-refractivity contribution is 1.14. The molecule has 0 spiro atoms. The Kier molecular flexibility index (Phi) is 6.79. The standard InChI is InChI=1S/C49H31N5/c1-3-10-33(11-4-1)45-46-41-24-20-36(39-29-38-17-16-34-14-9-26-50-47(34)48(38)51-30-39)28-37(41)21-25-43(46)54(49(45)35-12-5-2-6-13-35)40-22-18-32(19-23-40)42-31-53-27-8-7-15-44(53)52-42/h1-31H. The van der Waals surface area contributed by atoms with E-state index in [2.05, 4.69) is 160 Å². The summed E-state index contributed by atoms with van der Waals surface area (Å²) in [4.78, 5) is 14.4. The molecule has 54 heavy (non-hydrogen) atoms. The highest BCUT2D eigenvalue weighted by Gasteiger charge is 2.23. The molecule has 0 amide bonds. The van der Waals surface area contributed by atoms with E-state index in [4.69, 9.17) is 9.97 Å². The van der Waals surface area contributed by atoms with Gasteiger partial charge >= 0.3 is 0 Å². The van der Waals surface area contributed by atoms with Crippen molar-refractivity contribution < 1.29 is 0 Å². The van der Waals surface area contributed by atoms with Crippen molar-refractivity contribution in [2.45, 2.75) is 0 Å². The molecule has 0 aliphatic rings. The predicted octanol–water partition coefficient (Wildman–Crippen LogP) is 12.2. The van der Waals surface area contributed by atoms with Gasteiger partial charge in [-0.25, -0.2) is 4.98 Å². The summed E-state index contributed by atoms with van der Waals surface area (Å²) < 4.78 is 4.49. The van der Waals surface area contributed by atoms with Crippen molar-refractivity contribution in [2.24, 2.45) is 0 Å².